The molecule has 2 aromatic carbocycles. The fraction of sp³-hybridized carbons (Fsp3) is 0.333. The SMILES string of the molecule is Cc1ccc2c3c1-c1ccccc1CC3N(C)CC2. The number of fused-ring (bicyclic) bond motifs is 2. The average molecular weight is 249 g/mol. The summed E-state index contributed by atoms with van der Waals surface area (Å²) in [5, 5.41) is 0. The van der Waals surface area contributed by atoms with Crippen LogP contribution in [0.3, 0.4) is 0 Å². The van der Waals surface area contributed by atoms with Crippen molar-refractivity contribution in [1.29, 1.82) is 0 Å². The number of nitrogens with zero attached hydrogens (tertiary/aromatic N) is 1. The molecule has 1 atom stereocenters. The number of hydrogen-bond acceptors (Lipinski definition) is 1. The molecule has 2 aliphatic rings. The Labute approximate surface area is 114 Å². The van der Waals surface area contributed by atoms with Crippen LogP contribution in [0.4, 0.5) is 0 Å². The Kier molecular flexibility index (Phi) is 2.33. The maximum Gasteiger partial charge on any atom is 0.0394 e. The Morgan fingerprint density at radius 1 is 1.05 bits per heavy atom. The lowest BCUT2D eigenvalue weighted by molar-refractivity contribution is 0.228. The van der Waals surface area contributed by atoms with E-state index in [4.69, 9.17) is 0 Å². The molecule has 0 amide bonds. The minimum Gasteiger partial charge on any atom is -0.299 e. The molecule has 19 heavy (non-hydrogen) atoms. The minimum atomic E-state index is 0.577. The molecule has 0 aromatic heterocycles. The highest BCUT2D eigenvalue weighted by Gasteiger charge is 2.32. The lowest BCUT2D eigenvalue weighted by Gasteiger charge is -2.40. The Morgan fingerprint density at radius 3 is 2.79 bits per heavy atom. The maximum atomic E-state index is 2.53. The van der Waals surface area contributed by atoms with Crippen molar-refractivity contribution in [2.75, 3.05) is 13.6 Å². The first-order valence-electron chi connectivity index (χ1n) is 7.16. The molecule has 0 saturated heterocycles. The molecule has 0 fully saturated rings. The van der Waals surface area contributed by atoms with Crippen LogP contribution < -0.4 is 0 Å². The maximum absolute atomic E-state index is 2.53. The van der Waals surface area contributed by atoms with Crippen molar-refractivity contribution >= 4 is 0 Å². The van der Waals surface area contributed by atoms with Gasteiger partial charge in [0.05, 0.1) is 0 Å². The van der Waals surface area contributed by atoms with Gasteiger partial charge in [0, 0.05) is 12.6 Å². The van der Waals surface area contributed by atoms with E-state index in [9.17, 15) is 0 Å². The van der Waals surface area contributed by atoms with Crippen LogP contribution in [-0.2, 0) is 12.8 Å². The Balaban J connectivity index is 2.07. The zero-order chi connectivity index (χ0) is 13.0. The molecule has 1 unspecified atom stereocenters. The van der Waals surface area contributed by atoms with Crippen LogP contribution >= 0.6 is 0 Å². The first-order chi connectivity index (χ1) is 9.25. The van der Waals surface area contributed by atoms with Gasteiger partial charge >= 0.3 is 0 Å². The topological polar surface area (TPSA) is 3.24 Å². The van der Waals surface area contributed by atoms with E-state index in [1.54, 1.807) is 11.1 Å². The second kappa shape index (κ2) is 3.94. The van der Waals surface area contributed by atoms with Crippen molar-refractivity contribution in [3.63, 3.8) is 0 Å². The number of likely N-dealkylation sites (N-methyl/N-ethyl adjacent to an activating group) is 1. The Morgan fingerprint density at radius 2 is 1.89 bits per heavy atom. The van der Waals surface area contributed by atoms with Gasteiger partial charge < -0.3 is 0 Å². The monoisotopic (exact) mass is 249 g/mol. The molecule has 0 saturated carbocycles. The molecule has 0 spiro atoms. The van der Waals surface area contributed by atoms with Crippen LogP contribution in [-0.4, -0.2) is 18.5 Å². The average Bonchev–Trinajstić information content (AvgIpc) is 2.44. The number of benzene rings is 2. The van der Waals surface area contributed by atoms with E-state index < -0.39 is 0 Å². The van der Waals surface area contributed by atoms with Gasteiger partial charge in [-0.3, -0.25) is 4.90 Å². The number of rotatable bonds is 0. The van der Waals surface area contributed by atoms with Gasteiger partial charge in [0.25, 0.3) is 0 Å². The van der Waals surface area contributed by atoms with Crippen LogP contribution in [0, 0.1) is 6.92 Å². The summed E-state index contributed by atoms with van der Waals surface area (Å²) in [4.78, 5) is 2.53. The van der Waals surface area contributed by atoms with E-state index in [1.807, 2.05) is 0 Å². The van der Waals surface area contributed by atoms with Crippen LogP contribution in [0.2, 0.25) is 0 Å². The predicted molar refractivity (Wildman–Crippen MR) is 79.4 cm³/mol. The third-order valence-electron chi connectivity index (χ3n) is 4.84. The minimum absolute atomic E-state index is 0.577. The summed E-state index contributed by atoms with van der Waals surface area (Å²) in [6, 6.07) is 14.2. The highest BCUT2D eigenvalue weighted by molar-refractivity contribution is 5.78. The zero-order valence-electron chi connectivity index (χ0n) is 11.6. The van der Waals surface area contributed by atoms with E-state index in [1.165, 1.54) is 35.2 Å². The van der Waals surface area contributed by atoms with E-state index in [2.05, 4.69) is 55.3 Å². The Hall–Kier alpha value is -1.60. The highest BCUT2D eigenvalue weighted by atomic mass is 15.1. The van der Waals surface area contributed by atoms with E-state index in [0.717, 1.165) is 6.42 Å². The van der Waals surface area contributed by atoms with Gasteiger partial charge in [0.1, 0.15) is 0 Å². The number of hydrogen-bond donors (Lipinski definition) is 0. The second-order valence-corrected chi connectivity index (χ2v) is 5.94. The summed E-state index contributed by atoms with van der Waals surface area (Å²) in [5.74, 6) is 0. The third-order valence-corrected chi connectivity index (χ3v) is 4.84. The predicted octanol–water partition coefficient (Wildman–Crippen LogP) is 3.75. The van der Waals surface area contributed by atoms with Crippen molar-refractivity contribution in [2.24, 2.45) is 0 Å². The van der Waals surface area contributed by atoms with E-state index in [-0.39, 0.29) is 0 Å². The first-order valence-corrected chi connectivity index (χ1v) is 7.16. The molecule has 1 aliphatic carbocycles. The van der Waals surface area contributed by atoms with E-state index in [0.29, 0.717) is 6.04 Å². The van der Waals surface area contributed by atoms with Crippen molar-refractivity contribution < 1.29 is 0 Å². The fourth-order valence-electron chi connectivity index (χ4n) is 3.81. The van der Waals surface area contributed by atoms with Gasteiger partial charge in [-0.1, -0.05) is 36.4 Å². The summed E-state index contributed by atoms with van der Waals surface area (Å²) < 4.78 is 0. The van der Waals surface area contributed by atoms with Crippen LogP contribution in [0.25, 0.3) is 11.1 Å². The van der Waals surface area contributed by atoms with E-state index >= 15 is 0 Å². The molecule has 0 radical (unpaired) electrons. The largest absolute Gasteiger partial charge is 0.299 e. The molecular weight excluding hydrogens is 230 g/mol. The van der Waals surface area contributed by atoms with Crippen molar-refractivity contribution in [2.45, 2.75) is 25.8 Å². The molecule has 1 heterocycles. The lowest BCUT2D eigenvalue weighted by atomic mass is 9.76. The third kappa shape index (κ3) is 1.51. The Bertz CT molecular complexity index is 657. The summed E-state index contributed by atoms with van der Waals surface area (Å²) in [6.07, 6.45) is 2.36. The normalized spacial score (nSPS) is 20.8. The van der Waals surface area contributed by atoms with Gasteiger partial charge in [-0.25, -0.2) is 0 Å². The summed E-state index contributed by atoms with van der Waals surface area (Å²) in [6.45, 7) is 3.44. The van der Waals surface area contributed by atoms with Gasteiger partial charge in [-0.15, -0.1) is 0 Å². The smallest absolute Gasteiger partial charge is 0.0394 e. The highest BCUT2D eigenvalue weighted by Crippen LogP contribution is 2.45. The summed E-state index contributed by atoms with van der Waals surface area (Å²) in [7, 11) is 2.27. The molecule has 4 rings (SSSR count). The van der Waals surface area contributed by atoms with Gasteiger partial charge in [-0.05, 0) is 60.2 Å². The molecule has 1 nitrogen and oxygen atoms in total. The standard InChI is InChI=1S/C18H19N/c1-12-7-8-13-9-10-19(2)16-11-14-5-3-4-6-15(14)17(12)18(13)16/h3-8,16H,9-11H2,1-2H3. The molecule has 2 aromatic rings. The zero-order valence-corrected chi connectivity index (χ0v) is 11.6. The molecule has 1 heteroatoms. The quantitative estimate of drug-likeness (QED) is 0.687. The van der Waals surface area contributed by atoms with Gasteiger partial charge in [0.2, 0.25) is 0 Å². The molecule has 0 bridgehead atoms. The summed E-state index contributed by atoms with van der Waals surface area (Å²) >= 11 is 0. The second-order valence-electron chi connectivity index (χ2n) is 5.94. The molecule has 0 N–H and O–H groups in total. The molecular formula is C18H19N. The number of aryl methyl sites for hydroxylation is 1. The van der Waals surface area contributed by atoms with Crippen molar-refractivity contribution in [3.05, 3.63) is 58.7 Å². The van der Waals surface area contributed by atoms with Crippen LogP contribution in [0.15, 0.2) is 36.4 Å². The molecule has 1 aliphatic heterocycles. The first kappa shape index (κ1) is 11.2. The van der Waals surface area contributed by atoms with Crippen LogP contribution in [0.1, 0.15) is 28.3 Å². The van der Waals surface area contributed by atoms with Gasteiger partial charge in [-0.2, -0.15) is 0 Å². The fourth-order valence-corrected chi connectivity index (χ4v) is 3.81. The van der Waals surface area contributed by atoms with Crippen molar-refractivity contribution in [1.82, 2.24) is 4.90 Å². The molecule has 96 valence electrons. The lowest BCUT2D eigenvalue weighted by Crippen LogP contribution is -2.35. The van der Waals surface area contributed by atoms with Gasteiger partial charge in [0.15, 0.2) is 0 Å². The summed E-state index contributed by atoms with van der Waals surface area (Å²) in [5.41, 5.74) is 9.07. The van der Waals surface area contributed by atoms with Crippen molar-refractivity contribution in [3.8, 4) is 11.1 Å². The van der Waals surface area contributed by atoms with Crippen LogP contribution in [0.5, 0.6) is 0 Å².